The van der Waals surface area contributed by atoms with E-state index < -0.39 is 0 Å². The van der Waals surface area contributed by atoms with E-state index >= 15 is 0 Å². The summed E-state index contributed by atoms with van der Waals surface area (Å²) in [6.45, 7) is 5.42. The smallest absolute Gasteiger partial charge is 0.222 e. The van der Waals surface area contributed by atoms with Gasteiger partial charge in [0, 0.05) is 30.9 Å². The van der Waals surface area contributed by atoms with Crippen molar-refractivity contribution in [2.24, 2.45) is 0 Å². The first-order valence-electron chi connectivity index (χ1n) is 8.58. The highest BCUT2D eigenvalue weighted by Gasteiger charge is 2.13. The quantitative estimate of drug-likeness (QED) is 0.780. The predicted octanol–water partition coefficient (Wildman–Crippen LogP) is 2.71. The van der Waals surface area contributed by atoms with Crippen LogP contribution >= 0.6 is 0 Å². The number of carbonyl (C=O) groups is 1. The van der Waals surface area contributed by atoms with Crippen LogP contribution in [0.5, 0.6) is 0 Å². The summed E-state index contributed by atoms with van der Waals surface area (Å²) in [5.74, 6) is 0.904. The standard InChI is InChI=1S/C20H23N5O/c1-14-9-15(2)11-16(10-14)18-12-19(24-20(21)23-18)22-6-8-25-7-4-3-5-17(25)13-26/h3-5,7,9-13,17H,6,8H2,1-2H3,(H3,21,22,23,24). The first-order chi connectivity index (χ1) is 12.5. The van der Waals surface area contributed by atoms with Gasteiger partial charge < -0.3 is 20.7 Å². The zero-order chi connectivity index (χ0) is 18.5. The van der Waals surface area contributed by atoms with E-state index in [1.54, 1.807) is 0 Å². The van der Waals surface area contributed by atoms with Crippen molar-refractivity contribution in [1.82, 2.24) is 14.9 Å². The summed E-state index contributed by atoms with van der Waals surface area (Å²) in [6, 6.07) is 7.96. The minimum absolute atomic E-state index is 0.219. The van der Waals surface area contributed by atoms with Crippen LogP contribution in [0.3, 0.4) is 0 Å². The topological polar surface area (TPSA) is 84.1 Å². The molecular formula is C20H23N5O. The fourth-order valence-corrected chi connectivity index (χ4v) is 3.04. The summed E-state index contributed by atoms with van der Waals surface area (Å²) in [5.41, 5.74) is 10.1. The molecule has 1 unspecified atom stereocenters. The molecule has 0 spiro atoms. The summed E-state index contributed by atoms with van der Waals surface area (Å²) >= 11 is 0. The number of rotatable bonds is 6. The number of anilines is 2. The highest BCUT2D eigenvalue weighted by atomic mass is 16.1. The molecule has 0 bridgehead atoms. The molecule has 26 heavy (non-hydrogen) atoms. The summed E-state index contributed by atoms with van der Waals surface area (Å²) < 4.78 is 0. The van der Waals surface area contributed by atoms with Crippen LogP contribution in [0.15, 0.2) is 48.7 Å². The van der Waals surface area contributed by atoms with Gasteiger partial charge in [0.2, 0.25) is 5.95 Å². The molecule has 0 saturated carbocycles. The van der Waals surface area contributed by atoms with Crippen molar-refractivity contribution in [3.8, 4) is 11.3 Å². The highest BCUT2D eigenvalue weighted by molar-refractivity contribution is 5.65. The largest absolute Gasteiger partial charge is 0.368 e. The zero-order valence-corrected chi connectivity index (χ0v) is 15.0. The minimum Gasteiger partial charge on any atom is -0.368 e. The van der Waals surface area contributed by atoms with Gasteiger partial charge in [-0.3, -0.25) is 0 Å². The molecule has 1 aliphatic heterocycles. The molecule has 0 amide bonds. The van der Waals surface area contributed by atoms with E-state index in [-0.39, 0.29) is 12.0 Å². The van der Waals surface area contributed by atoms with E-state index in [0.29, 0.717) is 18.9 Å². The molecule has 0 fully saturated rings. The number of allylic oxidation sites excluding steroid dienone is 2. The molecule has 1 aromatic carbocycles. The SMILES string of the molecule is Cc1cc(C)cc(-c2cc(NCCN3C=CC=CC3C=O)nc(N)n2)c1. The van der Waals surface area contributed by atoms with E-state index in [1.165, 1.54) is 11.1 Å². The van der Waals surface area contributed by atoms with Gasteiger partial charge in [-0.25, -0.2) is 4.98 Å². The first kappa shape index (κ1) is 17.7. The normalized spacial score (nSPS) is 15.9. The minimum atomic E-state index is -0.219. The summed E-state index contributed by atoms with van der Waals surface area (Å²) in [5, 5.41) is 3.27. The Morgan fingerprint density at radius 3 is 2.65 bits per heavy atom. The third-order valence-electron chi connectivity index (χ3n) is 4.16. The monoisotopic (exact) mass is 349 g/mol. The number of aryl methyl sites for hydroxylation is 2. The van der Waals surface area contributed by atoms with Crippen LogP contribution in [0, 0.1) is 13.8 Å². The van der Waals surface area contributed by atoms with Crippen molar-refractivity contribution in [2.45, 2.75) is 19.9 Å². The van der Waals surface area contributed by atoms with E-state index in [0.717, 1.165) is 17.5 Å². The van der Waals surface area contributed by atoms with Gasteiger partial charge in [-0.1, -0.05) is 29.3 Å². The number of nitrogens with zero attached hydrogens (tertiary/aromatic N) is 3. The number of aldehydes is 1. The molecule has 3 rings (SSSR count). The molecular weight excluding hydrogens is 326 g/mol. The number of hydrogen-bond donors (Lipinski definition) is 2. The molecule has 2 heterocycles. The maximum absolute atomic E-state index is 11.1. The Labute approximate surface area is 153 Å². The second-order valence-electron chi connectivity index (χ2n) is 6.39. The molecule has 3 N–H and O–H groups in total. The Bertz CT molecular complexity index is 839. The average molecular weight is 349 g/mol. The maximum atomic E-state index is 11.1. The Kier molecular flexibility index (Phi) is 5.31. The Morgan fingerprint density at radius 2 is 1.92 bits per heavy atom. The number of nitrogens with one attached hydrogen (secondary N) is 1. The molecule has 0 radical (unpaired) electrons. The van der Waals surface area contributed by atoms with Crippen molar-refractivity contribution in [2.75, 3.05) is 24.1 Å². The third kappa shape index (κ3) is 4.27. The van der Waals surface area contributed by atoms with E-state index in [4.69, 9.17) is 5.73 Å². The van der Waals surface area contributed by atoms with Gasteiger partial charge in [0.1, 0.15) is 18.1 Å². The summed E-state index contributed by atoms with van der Waals surface area (Å²) in [6.07, 6.45) is 8.51. The van der Waals surface area contributed by atoms with Crippen molar-refractivity contribution in [3.05, 3.63) is 59.8 Å². The molecule has 0 aliphatic carbocycles. The second-order valence-corrected chi connectivity index (χ2v) is 6.39. The van der Waals surface area contributed by atoms with E-state index in [1.807, 2.05) is 35.4 Å². The number of nitrogen functional groups attached to an aromatic ring is 1. The van der Waals surface area contributed by atoms with Crippen LogP contribution in [0.25, 0.3) is 11.3 Å². The lowest BCUT2D eigenvalue weighted by Crippen LogP contribution is -2.35. The van der Waals surface area contributed by atoms with Gasteiger partial charge in [-0.15, -0.1) is 0 Å². The molecule has 2 aromatic rings. The zero-order valence-electron chi connectivity index (χ0n) is 15.0. The van der Waals surface area contributed by atoms with E-state index in [2.05, 4.69) is 47.3 Å². The van der Waals surface area contributed by atoms with Crippen LogP contribution in [0.4, 0.5) is 11.8 Å². The number of nitrogens with two attached hydrogens (primary N) is 1. The van der Waals surface area contributed by atoms with Crippen LogP contribution in [-0.4, -0.2) is 40.3 Å². The van der Waals surface area contributed by atoms with Gasteiger partial charge in [0.15, 0.2) is 0 Å². The Hall–Kier alpha value is -3.15. The number of hydrogen-bond acceptors (Lipinski definition) is 6. The lowest BCUT2D eigenvalue weighted by Gasteiger charge is -2.26. The van der Waals surface area contributed by atoms with Gasteiger partial charge in [0.05, 0.1) is 5.69 Å². The van der Waals surface area contributed by atoms with E-state index in [9.17, 15) is 4.79 Å². The lowest BCUT2D eigenvalue weighted by atomic mass is 10.0. The third-order valence-corrected chi connectivity index (χ3v) is 4.16. The van der Waals surface area contributed by atoms with Gasteiger partial charge in [0.25, 0.3) is 0 Å². The van der Waals surface area contributed by atoms with Crippen molar-refractivity contribution < 1.29 is 4.79 Å². The fourth-order valence-electron chi connectivity index (χ4n) is 3.04. The molecule has 134 valence electrons. The van der Waals surface area contributed by atoms with Gasteiger partial charge in [-0.05, 0) is 32.1 Å². The average Bonchev–Trinajstić information content (AvgIpc) is 2.61. The molecule has 1 aromatic heterocycles. The van der Waals surface area contributed by atoms with Crippen LogP contribution < -0.4 is 11.1 Å². The lowest BCUT2D eigenvalue weighted by molar-refractivity contribution is -0.110. The predicted molar refractivity (Wildman–Crippen MR) is 105 cm³/mol. The number of benzene rings is 1. The molecule has 1 aliphatic rings. The Morgan fingerprint density at radius 1 is 1.15 bits per heavy atom. The van der Waals surface area contributed by atoms with Crippen molar-refractivity contribution in [1.29, 1.82) is 0 Å². The van der Waals surface area contributed by atoms with Gasteiger partial charge >= 0.3 is 0 Å². The molecule has 1 atom stereocenters. The summed E-state index contributed by atoms with van der Waals surface area (Å²) in [4.78, 5) is 21.7. The highest BCUT2D eigenvalue weighted by Crippen LogP contribution is 2.23. The van der Waals surface area contributed by atoms with Gasteiger partial charge in [-0.2, -0.15) is 4.98 Å². The maximum Gasteiger partial charge on any atom is 0.222 e. The second kappa shape index (κ2) is 7.82. The van der Waals surface area contributed by atoms with Crippen LogP contribution in [-0.2, 0) is 4.79 Å². The van der Waals surface area contributed by atoms with Crippen LogP contribution in [0.1, 0.15) is 11.1 Å². The fraction of sp³-hybridized carbons (Fsp3) is 0.250. The van der Waals surface area contributed by atoms with Crippen molar-refractivity contribution >= 4 is 18.1 Å². The molecule has 6 nitrogen and oxygen atoms in total. The number of aromatic nitrogens is 2. The first-order valence-corrected chi connectivity index (χ1v) is 8.58. The Balaban J connectivity index is 1.71. The van der Waals surface area contributed by atoms with Crippen molar-refractivity contribution in [3.63, 3.8) is 0 Å². The summed E-state index contributed by atoms with van der Waals surface area (Å²) in [7, 11) is 0. The molecule has 0 saturated heterocycles. The number of carbonyl (C=O) groups excluding carboxylic acids is 1. The van der Waals surface area contributed by atoms with Crippen LogP contribution in [0.2, 0.25) is 0 Å². The molecule has 6 heteroatoms.